The van der Waals surface area contributed by atoms with E-state index in [0.29, 0.717) is 11.3 Å². The van der Waals surface area contributed by atoms with Gasteiger partial charge in [-0.3, -0.25) is 9.59 Å². The third kappa shape index (κ3) is 3.56. The lowest BCUT2D eigenvalue weighted by atomic mass is 9.74. The summed E-state index contributed by atoms with van der Waals surface area (Å²) in [5, 5.41) is 12.1. The van der Waals surface area contributed by atoms with Gasteiger partial charge in [0, 0.05) is 4.47 Å². The van der Waals surface area contributed by atoms with Crippen LogP contribution in [0.15, 0.2) is 22.7 Å². The van der Waals surface area contributed by atoms with E-state index in [0.717, 1.165) is 4.47 Å². The van der Waals surface area contributed by atoms with Crippen molar-refractivity contribution in [3.8, 4) is 5.75 Å². The van der Waals surface area contributed by atoms with E-state index in [9.17, 15) is 14.7 Å². The molecule has 5 nitrogen and oxygen atoms in total. The minimum Gasteiger partial charge on any atom is -0.496 e. The summed E-state index contributed by atoms with van der Waals surface area (Å²) in [6.45, 7) is 6.53. The summed E-state index contributed by atoms with van der Waals surface area (Å²) in [7, 11) is 1.48. The molecule has 1 amide bonds. The van der Waals surface area contributed by atoms with E-state index < -0.39 is 16.9 Å². The molecule has 0 radical (unpaired) electrons. The van der Waals surface area contributed by atoms with Crippen LogP contribution in [0, 0.1) is 5.41 Å². The van der Waals surface area contributed by atoms with Gasteiger partial charge in [0.2, 0.25) is 0 Å². The van der Waals surface area contributed by atoms with Gasteiger partial charge >= 0.3 is 5.97 Å². The zero-order valence-corrected chi connectivity index (χ0v) is 14.4. The van der Waals surface area contributed by atoms with Gasteiger partial charge in [-0.2, -0.15) is 0 Å². The summed E-state index contributed by atoms with van der Waals surface area (Å²) >= 11 is 3.31. The lowest BCUT2D eigenvalue weighted by Crippen LogP contribution is -2.57. The lowest BCUT2D eigenvalue weighted by molar-refractivity contribution is -0.150. The zero-order chi connectivity index (χ0) is 16.4. The molecule has 0 aliphatic heterocycles. The second-order valence-corrected chi connectivity index (χ2v) is 6.77. The SMILES string of the molecule is COc1cc(Br)ccc1C(=O)NC(C)(C)C(C)(C)C(=O)O. The summed E-state index contributed by atoms with van der Waals surface area (Å²) in [4.78, 5) is 23.8. The fourth-order valence-corrected chi connectivity index (χ4v) is 1.97. The van der Waals surface area contributed by atoms with Gasteiger partial charge in [0.1, 0.15) is 5.75 Å². The topological polar surface area (TPSA) is 75.6 Å². The largest absolute Gasteiger partial charge is 0.496 e. The van der Waals surface area contributed by atoms with E-state index in [1.165, 1.54) is 7.11 Å². The highest BCUT2D eigenvalue weighted by Crippen LogP contribution is 2.32. The van der Waals surface area contributed by atoms with Crippen LogP contribution in [0.1, 0.15) is 38.1 Å². The molecular weight excluding hydrogens is 338 g/mol. The van der Waals surface area contributed by atoms with Gasteiger partial charge in [-0.15, -0.1) is 0 Å². The Morgan fingerprint density at radius 2 is 1.81 bits per heavy atom. The van der Waals surface area contributed by atoms with Crippen molar-refractivity contribution in [2.75, 3.05) is 7.11 Å². The molecule has 6 heteroatoms. The van der Waals surface area contributed by atoms with Gasteiger partial charge in [-0.1, -0.05) is 15.9 Å². The van der Waals surface area contributed by atoms with Crippen LogP contribution in [0.3, 0.4) is 0 Å². The number of amides is 1. The van der Waals surface area contributed by atoms with Gasteiger partial charge in [0.25, 0.3) is 5.91 Å². The maximum atomic E-state index is 12.4. The average Bonchev–Trinajstić information content (AvgIpc) is 2.37. The Balaban J connectivity index is 3.09. The molecule has 0 saturated heterocycles. The smallest absolute Gasteiger partial charge is 0.311 e. The van der Waals surface area contributed by atoms with Crippen LogP contribution in [0.5, 0.6) is 5.75 Å². The number of aliphatic carboxylic acids is 1. The molecule has 2 N–H and O–H groups in total. The normalized spacial score (nSPS) is 11.9. The monoisotopic (exact) mass is 357 g/mol. The number of ether oxygens (including phenoxy) is 1. The molecule has 116 valence electrons. The zero-order valence-electron chi connectivity index (χ0n) is 12.8. The van der Waals surface area contributed by atoms with Gasteiger partial charge in [0.05, 0.1) is 23.6 Å². The molecule has 1 aromatic rings. The maximum Gasteiger partial charge on any atom is 0.311 e. The van der Waals surface area contributed by atoms with Crippen molar-refractivity contribution in [2.45, 2.75) is 33.2 Å². The van der Waals surface area contributed by atoms with E-state index in [4.69, 9.17) is 4.74 Å². The second kappa shape index (κ2) is 6.05. The minimum atomic E-state index is -1.12. The van der Waals surface area contributed by atoms with Gasteiger partial charge < -0.3 is 15.2 Å². The highest BCUT2D eigenvalue weighted by atomic mass is 79.9. The van der Waals surface area contributed by atoms with Crippen LogP contribution < -0.4 is 10.1 Å². The number of carboxylic acids is 1. The molecule has 0 spiro atoms. The molecule has 0 heterocycles. The molecule has 0 aliphatic rings. The molecule has 0 aromatic heterocycles. The molecule has 1 aromatic carbocycles. The molecule has 0 aliphatic carbocycles. The fourth-order valence-electron chi connectivity index (χ4n) is 1.63. The second-order valence-electron chi connectivity index (χ2n) is 5.85. The van der Waals surface area contributed by atoms with Gasteiger partial charge in [-0.05, 0) is 45.9 Å². The van der Waals surface area contributed by atoms with Crippen LogP contribution in [-0.2, 0) is 4.79 Å². The lowest BCUT2D eigenvalue weighted by Gasteiger charge is -2.38. The van der Waals surface area contributed by atoms with E-state index >= 15 is 0 Å². The maximum absolute atomic E-state index is 12.4. The molecule has 0 unspecified atom stereocenters. The number of methoxy groups -OCH3 is 1. The first-order valence-corrected chi connectivity index (χ1v) is 7.21. The van der Waals surface area contributed by atoms with Crippen LogP contribution in [-0.4, -0.2) is 29.6 Å². The highest BCUT2D eigenvalue weighted by Gasteiger charge is 2.44. The Kier molecular flexibility index (Phi) is 5.04. The third-order valence-electron chi connectivity index (χ3n) is 3.93. The van der Waals surface area contributed by atoms with Gasteiger partial charge in [-0.25, -0.2) is 0 Å². The van der Waals surface area contributed by atoms with Crippen molar-refractivity contribution in [3.63, 3.8) is 0 Å². The van der Waals surface area contributed by atoms with Crippen molar-refractivity contribution in [1.29, 1.82) is 0 Å². The summed E-state index contributed by atoms with van der Waals surface area (Å²) in [5.74, 6) is -0.931. The minimum absolute atomic E-state index is 0.356. The highest BCUT2D eigenvalue weighted by molar-refractivity contribution is 9.10. The van der Waals surface area contributed by atoms with E-state index in [1.807, 2.05) is 0 Å². The number of carbonyl (C=O) groups is 2. The van der Waals surface area contributed by atoms with E-state index in [1.54, 1.807) is 45.9 Å². The van der Waals surface area contributed by atoms with Crippen molar-refractivity contribution in [1.82, 2.24) is 5.32 Å². The fraction of sp³-hybridized carbons (Fsp3) is 0.467. The predicted molar refractivity (Wildman–Crippen MR) is 83.7 cm³/mol. The molecule has 0 fully saturated rings. The number of halogens is 1. The average molecular weight is 358 g/mol. The Labute approximate surface area is 132 Å². The molecular formula is C15H20BrNO4. The number of hydrogen-bond donors (Lipinski definition) is 2. The van der Waals surface area contributed by atoms with Crippen LogP contribution in [0.25, 0.3) is 0 Å². The van der Waals surface area contributed by atoms with Crippen molar-refractivity contribution >= 4 is 27.8 Å². The first-order chi connectivity index (χ1) is 9.52. The number of rotatable bonds is 5. The first-order valence-electron chi connectivity index (χ1n) is 6.42. The number of hydrogen-bond acceptors (Lipinski definition) is 3. The number of nitrogens with one attached hydrogen (secondary N) is 1. The first kappa shape index (κ1) is 17.5. The third-order valence-corrected chi connectivity index (χ3v) is 4.42. The van der Waals surface area contributed by atoms with Crippen molar-refractivity contribution in [3.05, 3.63) is 28.2 Å². The van der Waals surface area contributed by atoms with Crippen LogP contribution in [0.4, 0.5) is 0 Å². The van der Waals surface area contributed by atoms with E-state index in [2.05, 4.69) is 21.2 Å². The van der Waals surface area contributed by atoms with Crippen molar-refractivity contribution in [2.24, 2.45) is 5.41 Å². The Morgan fingerprint density at radius 3 is 2.29 bits per heavy atom. The number of carboxylic acid groups (broad SMARTS) is 1. The van der Waals surface area contributed by atoms with Crippen LogP contribution >= 0.6 is 15.9 Å². The van der Waals surface area contributed by atoms with E-state index in [-0.39, 0.29) is 5.91 Å². The Hall–Kier alpha value is -1.56. The summed E-state index contributed by atoms with van der Waals surface area (Å²) in [6.07, 6.45) is 0. The molecule has 1 rings (SSSR count). The van der Waals surface area contributed by atoms with Crippen molar-refractivity contribution < 1.29 is 19.4 Å². The Bertz CT molecular complexity index is 567. The molecule has 0 saturated carbocycles. The molecule has 21 heavy (non-hydrogen) atoms. The Morgan fingerprint density at radius 1 is 1.24 bits per heavy atom. The number of benzene rings is 1. The standard InChI is InChI=1S/C15H20BrNO4/c1-14(2,13(19)20)15(3,4)17-12(18)10-7-6-9(16)8-11(10)21-5/h6-8H,1-5H3,(H,17,18)(H,19,20). The molecule has 0 bridgehead atoms. The predicted octanol–water partition coefficient (Wildman–Crippen LogP) is 3.08. The quantitative estimate of drug-likeness (QED) is 0.848. The van der Waals surface area contributed by atoms with Gasteiger partial charge in [0.15, 0.2) is 0 Å². The van der Waals surface area contributed by atoms with Crippen LogP contribution in [0.2, 0.25) is 0 Å². The summed E-state index contributed by atoms with van der Waals surface area (Å²) in [6, 6.07) is 5.04. The molecule has 0 atom stereocenters. The number of carbonyl (C=O) groups excluding carboxylic acids is 1. The summed E-state index contributed by atoms with van der Waals surface area (Å²) in [5.41, 5.74) is -1.70. The summed E-state index contributed by atoms with van der Waals surface area (Å²) < 4.78 is 5.98.